The van der Waals surface area contributed by atoms with E-state index >= 15 is 0 Å². The lowest BCUT2D eigenvalue weighted by Crippen LogP contribution is -2.48. The standard InChI is InChI=1S/C19H31NO/c1-14-8-7-9-16(15(14)2)17(20-5)19(21-6)12-10-18(3,4)11-13-19/h7-9,17,20H,10-13H2,1-6H3. The Morgan fingerprint density at radius 1 is 1.10 bits per heavy atom. The van der Waals surface area contributed by atoms with Crippen LogP contribution in [0.3, 0.4) is 0 Å². The Morgan fingerprint density at radius 3 is 2.24 bits per heavy atom. The SMILES string of the molecule is CNC(c1cccc(C)c1C)C1(OC)CCC(C)(C)CC1. The van der Waals surface area contributed by atoms with E-state index in [1.165, 1.54) is 29.5 Å². The first kappa shape index (κ1) is 16.5. The maximum absolute atomic E-state index is 6.11. The van der Waals surface area contributed by atoms with Crippen molar-refractivity contribution < 1.29 is 4.74 Å². The summed E-state index contributed by atoms with van der Waals surface area (Å²) >= 11 is 0. The Kier molecular flexibility index (Phi) is 4.79. The van der Waals surface area contributed by atoms with Crippen molar-refractivity contribution in [2.45, 2.75) is 65.0 Å². The van der Waals surface area contributed by atoms with E-state index in [4.69, 9.17) is 4.74 Å². The highest BCUT2D eigenvalue weighted by atomic mass is 16.5. The summed E-state index contributed by atoms with van der Waals surface area (Å²) in [6.45, 7) is 9.16. The predicted molar refractivity (Wildman–Crippen MR) is 89.7 cm³/mol. The third-order valence-corrected chi connectivity index (χ3v) is 5.63. The molecule has 21 heavy (non-hydrogen) atoms. The number of hydrogen-bond donors (Lipinski definition) is 1. The summed E-state index contributed by atoms with van der Waals surface area (Å²) in [5.41, 5.74) is 4.50. The molecule has 1 unspecified atom stereocenters. The van der Waals surface area contributed by atoms with Gasteiger partial charge >= 0.3 is 0 Å². The number of hydrogen-bond acceptors (Lipinski definition) is 2. The topological polar surface area (TPSA) is 21.3 Å². The van der Waals surface area contributed by atoms with E-state index < -0.39 is 0 Å². The van der Waals surface area contributed by atoms with Gasteiger partial charge in [-0.2, -0.15) is 0 Å². The number of aryl methyl sites for hydroxylation is 1. The van der Waals surface area contributed by atoms with Crippen molar-refractivity contribution in [3.8, 4) is 0 Å². The first-order chi connectivity index (χ1) is 9.85. The van der Waals surface area contributed by atoms with Gasteiger partial charge in [-0.25, -0.2) is 0 Å². The maximum atomic E-state index is 6.11. The van der Waals surface area contributed by atoms with Gasteiger partial charge in [-0.15, -0.1) is 0 Å². The fourth-order valence-electron chi connectivity index (χ4n) is 3.75. The third-order valence-electron chi connectivity index (χ3n) is 5.63. The molecule has 2 heteroatoms. The smallest absolute Gasteiger partial charge is 0.0872 e. The molecule has 0 saturated heterocycles. The van der Waals surface area contributed by atoms with Gasteiger partial charge in [0.2, 0.25) is 0 Å². The summed E-state index contributed by atoms with van der Waals surface area (Å²) in [6, 6.07) is 6.87. The van der Waals surface area contributed by atoms with Crippen LogP contribution in [0.15, 0.2) is 18.2 Å². The lowest BCUT2D eigenvalue weighted by Gasteiger charge is -2.47. The Morgan fingerprint density at radius 2 is 1.71 bits per heavy atom. The van der Waals surface area contributed by atoms with Crippen molar-refractivity contribution in [2.24, 2.45) is 5.41 Å². The molecule has 1 N–H and O–H groups in total. The summed E-state index contributed by atoms with van der Waals surface area (Å²) in [5.74, 6) is 0. The Bertz CT molecular complexity index is 482. The lowest BCUT2D eigenvalue weighted by molar-refractivity contribution is -0.0863. The largest absolute Gasteiger partial charge is 0.376 e. The number of nitrogens with one attached hydrogen (secondary N) is 1. The molecule has 0 heterocycles. The molecule has 0 aliphatic heterocycles. The number of rotatable bonds is 4. The average molecular weight is 289 g/mol. The van der Waals surface area contributed by atoms with Crippen LogP contribution in [0.25, 0.3) is 0 Å². The monoisotopic (exact) mass is 289 g/mol. The second-order valence-corrected chi connectivity index (χ2v) is 7.44. The third kappa shape index (κ3) is 3.17. The van der Waals surface area contributed by atoms with Crippen molar-refractivity contribution in [1.82, 2.24) is 5.32 Å². The molecular weight excluding hydrogens is 258 g/mol. The van der Waals surface area contributed by atoms with Crippen molar-refractivity contribution in [3.05, 3.63) is 34.9 Å². The first-order valence-corrected chi connectivity index (χ1v) is 8.14. The molecule has 1 aliphatic carbocycles. The average Bonchev–Trinajstić information content (AvgIpc) is 2.46. The summed E-state index contributed by atoms with van der Waals surface area (Å²) in [4.78, 5) is 0. The maximum Gasteiger partial charge on any atom is 0.0872 e. The van der Waals surface area contributed by atoms with Crippen LogP contribution >= 0.6 is 0 Å². The Labute approximate surface area is 130 Å². The molecular formula is C19H31NO. The number of ether oxygens (including phenoxy) is 1. The normalized spacial score (nSPS) is 22.0. The molecule has 2 nitrogen and oxygen atoms in total. The van der Waals surface area contributed by atoms with Crippen LogP contribution in [0.1, 0.15) is 62.3 Å². The van der Waals surface area contributed by atoms with Crippen LogP contribution in [0, 0.1) is 19.3 Å². The second kappa shape index (κ2) is 6.10. The first-order valence-electron chi connectivity index (χ1n) is 8.14. The quantitative estimate of drug-likeness (QED) is 0.878. The molecule has 0 bridgehead atoms. The van der Waals surface area contributed by atoms with Gasteiger partial charge in [0.15, 0.2) is 0 Å². The molecule has 0 spiro atoms. The highest BCUT2D eigenvalue weighted by molar-refractivity contribution is 5.37. The number of methoxy groups -OCH3 is 1. The summed E-state index contributed by atoms with van der Waals surface area (Å²) < 4.78 is 6.11. The van der Waals surface area contributed by atoms with Crippen LogP contribution < -0.4 is 5.32 Å². The molecule has 1 aromatic rings. The van der Waals surface area contributed by atoms with Crippen LogP contribution in [-0.4, -0.2) is 19.8 Å². The van der Waals surface area contributed by atoms with Crippen LogP contribution in [0.5, 0.6) is 0 Å². The van der Waals surface area contributed by atoms with Gasteiger partial charge in [-0.05, 0) is 68.7 Å². The highest BCUT2D eigenvalue weighted by Crippen LogP contribution is 2.47. The van der Waals surface area contributed by atoms with Gasteiger partial charge in [-0.3, -0.25) is 0 Å². The van der Waals surface area contributed by atoms with E-state index in [-0.39, 0.29) is 11.6 Å². The molecule has 1 aromatic carbocycles. The van der Waals surface area contributed by atoms with Gasteiger partial charge in [0, 0.05) is 7.11 Å². The molecule has 1 atom stereocenters. The van der Waals surface area contributed by atoms with Gasteiger partial charge in [0.1, 0.15) is 0 Å². The van der Waals surface area contributed by atoms with Crippen molar-refractivity contribution in [2.75, 3.05) is 14.2 Å². The van der Waals surface area contributed by atoms with Gasteiger partial charge in [0.05, 0.1) is 11.6 Å². The molecule has 1 fully saturated rings. The zero-order valence-corrected chi connectivity index (χ0v) is 14.5. The molecule has 118 valence electrons. The van der Waals surface area contributed by atoms with Crippen LogP contribution in [0.2, 0.25) is 0 Å². The predicted octanol–water partition coefficient (Wildman–Crippen LogP) is 4.55. The van der Waals surface area contributed by atoms with Crippen molar-refractivity contribution in [3.63, 3.8) is 0 Å². The minimum absolute atomic E-state index is 0.0805. The molecule has 0 radical (unpaired) electrons. The number of benzene rings is 1. The van der Waals surface area contributed by atoms with E-state index in [1.54, 1.807) is 0 Å². The fraction of sp³-hybridized carbons (Fsp3) is 0.684. The minimum atomic E-state index is -0.0805. The molecule has 0 aromatic heterocycles. The zero-order chi connectivity index (χ0) is 15.7. The lowest BCUT2D eigenvalue weighted by atomic mass is 9.67. The van der Waals surface area contributed by atoms with E-state index in [2.05, 4.69) is 58.3 Å². The van der Waals surface area contributed by atoms with Crippen molar-refractivity contribution in [1.29, 1.82) is 0 Å². The Hall–Kier alpha value is -0.860. The van der Waals surface area contributed by atoms with Crippen LogP contribution in [-0.2, 0) is 4.74 Å². The van der Waals surface area contributed by atoms with E-state index in [1.807, 2.05) is 7.11 Å². The summed E-state index contributed by atoms with van der Waals surface area (Å²) in [7, 11) is 3.95. The molecule has 1 aliphatic rings. The van der Waals surface area contributed by atoms with E-state index in [0.29, 0.717) is 5.41 Å². The minimum Gasteiger partial charge on any atom is -0.376 e. The summed E-state index contributed by atoms with van der Waals surface area (Å²) in [6.07, 6.45) is 4.69. The molecule has 1 saturated carbocycles. The van der Waals surface area contributed by atoms with Gasteiger partial charge < -0.3 is 10.1 Å². The zero-order valence-electron chi connectivity index (χ0n) is 14.5. The fourth-order valence-corrected chi connectivity index (χ4v) is 3.75. The van der Waals surface area contributed by atoms with Crippen molar-refractivity contribution >= 4 is 0 Å². The molecule has 0 amide bonds. The van der Waals surface area contributed by atoms with Gasteiger partial charge in [0.25, 0.3) is 0 Å². The second-order valence-electron chi connectivity index (χ2n) is 7.44. The van der Waals surface area contributed by atoms with Gasteiger partial charge in [-0.1, -0.05) is 32.0 Å². The molecule has 2 rings (SSSR count). The van der Waals surface area contributed by atoms with E-state index in [0.717, 1.165) is 12.8 Å². The number of likely N-dealkylation sites (N-methyl/N-ethyl adjacent to an activating group) is 1. The highest BCUT2D eigenvalue weighted by Gasteiger charge is 2.44. The Balaban J connectivity index is 2.37. The van der Waals surface area contributed by atoms with E-state index in [9.17, 15) is 0 Å². The summed E-state index contributed by atoms with van der Waals surface area (Å²) in [5, 5.41) is 3.55. The van der Waals surface area contributed by atoms with Crippen LogP contribution in [0.4, 0.5) is 0 Å².